The molecule has 1 aliphatic carbocycles. The van der Waals surface area contributed by atoms with Gasteiger partial charge in [-0.1, -0.05) is 25.5 Å². The molecule has 7 nitrogen and oxygen atoms in total. The summed E-state index contributed by atoms with van der Waals surface area (Å²) in [7, 11) is -3.20. The number of unbranched alkanes of at least 4 members (excludes halogenated alkanes) is 1. The van der Waals surface area contributed by atoms with Crippen molar-refractivity contribution in [2.75, 3.05) is 24.2 Å². The first-order valence-electron chi connectivity index (χ1n) is 11.0. The van der Waals surface area contributed by atoms with Crippen LogP contribution in [0, 0.1) is 11.8 Å². The smallest absolute Gasteiger partial charge is 0.227 e. The largest absolute Gasteiger partial charge is 0.349 e. The summed E-state index contributed by atoms with van der Waals surface area (Å²) in [6.07, 6.45) is 4.56. The fourth-order valence-corrected chi connectivity index (χ4v) is 5.39. The Morgan fingerprint density at radius 3 is 2.20 bits per heavy atom. The van der Waals surface area contributed by atoms with Crippen LogP contribution in [-0.2, 0) is 19.6 Å². The minimum atomic E-state index is -3.20. The highest BCUT2D eigenvalue weighted by Gasteiger charge is 2.31. The fraction of sp³-hybridized carbons (Fsp3) is 0.636. The van der Waals surface area contributed by atoms with Gasteiger partial charge in [0.25, 0.3) is 0 Å². The van der Waals surface area contributed by atoms with E-state index in [-0.39, 0.29) is 35.4 Å². The number of nitrogens with zero attached hydrogens (tertiary/aromatic N) is 1. The zero-order chi connectivity index (χ0) is 21.7. The normalized spacial score (nSPS) is 19.3. The van der Waals surface area contributed by atoms with Gasteiger partial charge in [-0.15, -0.1) is 0 Å². The topological polar surface area (TPSA) is 95.6 Å². The average molecular weight is 436 g/mol. The fourth-order valence-electron chi connectivity index (χ4n) is 3.71. The van der Waals surface area contributed by atoms with Gasteiger partial charge < -0.3 is 10.6 Å². The Bertz CT molecular complexity index is 842. The molecule has 166 valence electrons. The molecule has 1 heterocycles. The molecular weight excluding hydrogens is 402 g/mol. The third kappa shape index (κ3) is 6.04. The Labute approximate surface area is 179 Å². The van der Waals surface area contributed by atoms with Gasteiger partial charge in [0.05, 0.1) is 11.8 Å². The number of hydrogen-bond donors (Lipinski definition) is 2. The van der Waals surface area contributed by atoms with Crippen LogP contribution in [0.2, 0.25) is 0 Å². The molecule has 0 bridgehead atoms. The Hall–Kier alpha value is -1.93. The lowest BCUT2D eigenvalue weighted by atomic mass is 9.96. The summed E-state index contributed by atoms with van der Waals surface area (Å²) in [6, 6.07) is 7.39. The zero-order valence-corrected chi connectivity index (χ0v) is 18.7. The maximum atomic E-state index is 12.7. The van der Waals surface area contributed by atoms with Crippen molar-refractivity contribution in [2.24, 2.45) is 11.8 Å². The second-order valence-electron chi connectivity index (χ2n) is 8.46. The molecule has 1 saturated heterocycles. The third-order valence-corrected chi connectivity index (χ3v) is 7.92. The van der Waals surface area contributed by atoms with Crippen molar-refractivity contribution in [3.8, 4) is 0 Å². The summed E-state index contributed by atoms with van der Waals surface area (Å²) in [4.78, 5) is 24.5. The van der Waals surface area contributed by atoms with E-state index in [2.05, 4.69) is 10.6 Å². The lowest BCUT2D eigenvalue weighted by Gasteiger charge is -2.31. The summed E-state index contributed by atoms with van der Waals surface area (Å²) >= 11 is 0. The van der Waals surface area contributed by atoms with Crippen LogP contribution in [0.4, 0.5) is 5.69 Å². The number of carbonyl (C=O) groups excluding carboxylic acids is 2. The molecule has 1 aliphatic heterocycles. The SMILES string of the molecule is CCCCS(=O)(=O)N1CCC(C(=O)NC(C)c2ccc(NC(=O)C3CC3)cc2)CC1. The van der Waals surface area contributed by atoms with Crippen LogP contribution >= 0.6 is 0 Å². The van der Waals surface area contributed by atoms with Crippen LogP contribution in [-0.4, -0.2) is 43.4 Å². The van der Waals surface area contributed by atoms with Gasteiger partial charge in [0.15, 0.2) is 0 Å². The second kappa shape index (κ2) is 9.92. The number of amides is 2. The number of benzene rings is 1. The summed E-state index contributed by atoms with van der Waals surface area (Å²) in [5.41, 5.74) is 1.73. The maximum Gasteiger partial charge on any atom is 0.227 e. The molecule has 0 spiro atoms. The number of carbonyl (C=O) groups is 2. The molecule has 2 N–H and O–H groups in total. The molecule has 3 rings (SSSR count). The van der Waals surface area contributed by atoms with Crippen LogP contribution in [0.25, 0.3) is 0 Å². The molecule has 0 aromatic heterocycles. The molecule has 8 heteroatoms. The van der Waals surface area contributed by atoms with Crippen LogP contribution in [0.1, 0.15) is 64.0 Å². The van der Waals surface area contributed by atoms with Gasteiger partial charge in [0.1, 0.15) is 0 Å². The van der Waals surface area contributed by atoms with Crippen molar-refractivity contribution >= 4 is 27.5 Å². The van der Waals surface area contributed by atoms with Gasteiger partial charge in [0, 0.05) is 30.6 Å². The number of nitrogens with one attached hydrogen (secondary N) is 2. The highest BCUT2D eigenvalue weighted by molar-refractivity contribution is 7.89. The van der Waals surface area contributed by atoms with E-state index in [0.717, 1.165) is 30.5 Å². The number of sulfonamides is 1. The van der Waals surface area contributed by atoms with E-state index in [1.54, 1.807) is 0 Å². The summed E-state index contributed by atoms with van der Waals surface area (Å²) in [6.45, 7) is 4.73. The molecule has 2 amide bonds. The van der Waals surface area contributed by atoms with Gasteiger partial charge in [-0.05, 0) is 56.7 Å². The van der Waals surface area contributed by atoms with Crippen molar-refractivity contribution in [3.05, 3.63) is 29.8 Å². The average Bonchev–Trinajstić information content (AvgIpc) is 3.58. The standard InChI is InChI=1S/C22H33N3O4S/c1-3-4-15-30(28,29)25-13-11-19(12-14-25)21(26)23-16(2)17-7-9-20(10-8-17)24-22(27)18-5-6-18/h7-10,16,18-19H,3-6,11-15H2,1-2H3,(H,23,26)(H,24,27). The van der Waals surface area contributed by atoms with Crippen LogP contribution in [0.15, 0.2) is 24.3 Å². The zero-order valence-electron chi connectivity index (χ0n) is 17.9. The lowest BCUT2D eigenvalue weighted by Crippen LogP contribution is -2.44. The highest BCUT2D eigenvalue weighted by atomic mass is 32.2. The molecule has 1 unspecified atom stereocenters. The van der Waals surface area contributed by atoms with Crippen molar-refractivity contribution in [1.82, 2.24) is 9.62 Å². The van der Waals surface area contributed by atoms with Gasteiger partial charge in [-0.25, -0.2) is 12.7 Å². The molecule has 30 heavy (non-hydrogen) atoms. The van der Waals surface area contributed by atoms with Gasteiger partial charge in [-0.3, -0.25) is 9.59 Å². The molecule has 1 aromatic carbocycles. The summed E-state index contributed by atoms with van der Waals surface area (Å²) in [5.74, 6) is 0.235. The van der Waals surface area contributed by atoms with Crippen LogP contribution < -0.4 is 10.6 Å². The van der Waals surface area contributed by atoms with Gasteiger partial charge >= 0.3 is 0 Å². The monoisotopic (exact) mass is 435 g/mol. The van der Waals surface area contributed by atoms with E-state index in [0.29, 0.717) is 32.4 Å². The third-order valence-electron chi connectivity index (χ3n) is 5.96. The predicted molar refractivity (Wildman–Crippen MR) is 117 cm³/mol. The molecule has 2 aliphatic rings. The quantitative estimate of drug-likeness (QED) is 0.623. The first kappa shape index (κ1) is 22.7. The van der Waals surface area contributed by atoms with Crippen LogP contribution in [0.5, 0.6) is 0 Å². The Kier molecular flexibility index (Phi) is 7.52. The Morgan fingerprint density at radius 1 is 1.03 bits per heavy atom. The maximum absolute atomic E-state index is 12.7. The van der Waals surface area contributed by atoms with E-state index >= 15 is 0 Å². The summed E-state index contributed by atoms with van der Waals surface area (Å²) < 4.78 is 26.2. The molecule has 2 fully saturated rings. The Morgan fingerprint density at radius 2 is 1.63 bits per heavy atom. The highest BCUT2D eigenvalue weighted by Crippen LogP contribution is 2.30. The minimum Gasteiger partial charge on any atom is -0.349 e. The second-order valence-corrected chi connectivity index (χ2v) is 10.5. The Balaban J connectivity index is 1.47. The molecular formula is C22H33N3O4S. The number of anilines is 1. The number of hydrogen-bond acceptors (Lipinski definition) is 4. The molecule has 1 atom stereocenters. The first-order valence-corrected chi connectivity index (χ1v) is 12.6. The summed E-state index contributed by atoms with van der Waals surface area (Å²) in [5, 5.41) is 5.96. The van der Waals surface area contributed by atoms with E-state index in [1.165, 1.54) is 4.31 Å². The van der Waals surface area contributed by atoms with E-state index in [1.807, 2.05) is 38.1 Å². The van der Waals surface area contributed by atoms with Crippen molar-refractivity contribution in [2.45, 2.75) is 58.4 Å². The number of rotatable bonds is 9. The van der Waals surface area contributed by atoms with Crippen LogP contribution in [0.3, 0.4) is 0 Å². The van der Waals surface area contributed by atoms with Gasteiger partial charge in [0.2, 0.25) is 21.8 Å². The van der Waals surface area contributed by atoms with E-state index in [4.69, 9.17) is 0 Å². The first-order chi connectivity index (χ1) is 14.3. The van der Waals surface area contributed by atoms with Crippen molar-refractivity contribution in [1.29, 1.82) is 0 Å². The molecule has 1 saturated carbocycles. The predicted octanol–water partition coefficient (Wildman–Crippen LogP) is 3.05. The van der Waals surface area contributed by atoms with E-state index < -0.39 is 10.0 Å². The van der Waals surface area contributed by atoms with Gasteiger partial charge in [-0.2, -0.15) is 0 Å². The van der Waals surface area contributed by atoms with Crippen molar-refractivity contribution < 1.29 is 18.0 Å². The number of piperidine rings is 1. The minimum absolute atomic E-state index is 0.0285. The molecule has 1 aromatic rings. The molecule has 0 radical (unpaired) electrons. The van der Waals surface area contributed by atoms with Crippen molar-refractivity contribution in [3.63, 3.8) is 0 Å². The van der Waals surface area contributed by atoms with E-state index in [9.17, 15) is 18.0 Å². The lowest BCUT2D eigenvalue weighted by molar-refractivity contribution is -0.126.